The highest BCUT2D eigenvalue weighted by molar-refractivity contribution is 5.98. The Bertz CT molecular complexity index is 842. The lowest BCUT2D eigenvalue weighted by atomic mass is 9.66. The summed E-state index contributed by atoms with van der Waals surface area (Å²) in [5.74, 6) is -2.53. The van der Waals surface area contributed by atoms with Gasteiger partial charge in [-0.05, 0) is 45.4 Å². The summed E-state index contributed by atoms with van der Waals surface area (Å²) in [5, 5.41) is 10.2. The largest absolute Gasteiger partial charge is 0.465 e. The van der Waals surface area contributed by atoms with Gasteiger partial charge in [-0.15, -0.1) is 13.2 Å². The molecule has 36 heavy (non-hydrogen) atoms. The van der Waals surface area contributed by atoms with Crippen molar-refractivity contribution in [2.45, 2.75) is 95.4 Å². The number of ether oxygens (including phenoxy) is 2. The highest BCUT2D eigenvalue weighted by atomic mass is 16.6. The van der Waals surface area contributed by atoms with E-state index in [4.69, 9.17) is 9.47 Å². The van der Waals surface area contributed by atoms with Crippen LogP contribution in [0.1, 0.15) is 72.1 Å². The highest BCUT2D eigenvalue weighted by Gasteiger charge is 2.79. The normalized spacial score (nSPS) is 31.3. The Balaban J connectivity index is 1.99. The molecule has 0 aromatic rings. The Kier molecular flexibility index (Phi) is 9.39. The second kappa shape index (κ2) is 11.9. The second-order valence-electron chi connectivity index (χ2n) is 10.6. The third-order valence-corrected chi connectivity index (χ3v) is 8.27. The molecule has 0 aromatic heterocycles. The summed E-state index contributed by atoms with van der Waals surface area (Å²) in [6.45, 7) is 14.3. The van der Waals surface area contributed by atoms with Gasteiger partial charge in [-0.1, -0.05) is 38.8 Å². The van der Waals surface area contributed by atoms with Crippen molar-refractivity contribution >= 4 is 17.8 Å². The molecule has 0 radical (unpaired) electrons. The summed E-state index contributed by atoms with van der Waals surface area (Å²) in [6.07, 6.45) is 9.28. The number of likely N-dealkylation sites (tertiary alicyclic amines) is 1. The summed E-state index contributed by atoms with van der Waals surface area (Å²) in [7, 11) is 0. The molecule has 0 aromatic carbocycles. The topological polar surface area (TPSA) is 96.4 Å². The van der Waals surface area contributed by atoms with E-state index in [9.17, 15) is 19.5 Å². The summed E-state index contributed by atoms with van der Waals surface area (Å²) in [4.78, 5) is 44.8. The number of allylic oxidation sites excluding steroid dienone is 1. The van der Waals surface area contributed by atoms with Gasteiger partial charge in [-0.3, -0.25) is 14.4 Å². The summed E-state index contributed by atoms with van der Waals surface area (Å²) in [6, 6.07) is -1.43. The van der Waals surface area contributed by atoms with Crippen molar-refractivity contribution in [1.82, 2.24) is 9.80 Å². The van der Waals surface area contributed by atoms with Gasteiger partial charge in [0.15, 0.2) is 0 Å². The molecule has 3 fully saturated rings. The molecular formula is C28H44N2O6. The van der Waals surface area contributed by atoms with Gasteiger partial charge in [-0.2, -0.15) is 0 Å². The number of hydrogen-bond donors (Lipinski definition) is 1. The van der Waals surface area contributed by atoms with Gasteiger partial charge in [0.2, 0.25) is 11.8 Å². The van der Waals surface area contributed by atoms with Crippen LogP contribution in [0.5, 0.6) is 0 Å². The smallest absolute Gasteiger partial charge is 0.312 e. The quantitative estimate of drug-likeness (QED) is 0.209. The maximum Gasteiger partial charge on any atom is 0.312 e. The van der Waals surface area contributed by atoms with Crippen LogP contribution < -0.4 is 0 Å². The minimum absolute atomic E-state index is 0.196. The number of fused-ring (bicyclic) bond motifs is 1. The molecule has 1 N–H and O–H groups in total. The van der Waals surface area contributed by atoms with Crippen LogP contribution in [0.3, 0.4) is 0 Å². The number of amides is 2. The average Bonchev–Trinajstić information content (AvgIpc) is 3.43. The molecule has 1 spiro atoms. The minimum Gasteiger partial charge on any atom is -0.465 e. The van der Waals surface area contributed by atoms with E-state index < -0.39 is 41.1 Å². The number of carbonyl (C=O) groups excluding carboxylic acids is 3. The van der Waals surface area contributed by atoms with E-state index in [1.54, 1.807) is 17.1 Å². The van der Waals surface area contributed by atoms with E-state index in [0.29, 0.717) is 38.8 Å². The highest BCUT2D eigenvalue weighted by Crippen LogP contribution is 2.63. The Hall–Kier alpha value is -2.19. The molecule has 3 aliphatic heterocycles. The van der Waals surface area contributed by atoms with Crippen LogP contribution in [0, 0.1) is 11.8 Å². The molecule has 2 amide bonds. The van der Waals surface area contributed by atoms with Crippen molar-refractivity contribution in [2.75, 3.05) is 26.3 Å². The van der Waals surface area contributed by atoms with Crippen LogP contribution in [0.15, 0.2) is 25.3 Å². The molecule has 0 saturated carbocycles. The first-order valence-electron chi connectivity index (χ1n) is 13.6. The molecule has 2 bridgehead atoms. The van der Waals surface area contributed by atoms with Crippen LogP contribution in [0.25, 0.3) is 0 Å². The van der Waals surface area contributed by atoms with Crippen molar-refractivity contribution in [2.24, 2.45) is 11.8 Å². The number of aliphatic hydroxyl groups is 1. The summed E-state index contributed by atoms with van der Waals surface area (Å²) in [5.41, 5.74) is -1.98. The molecule has 3 saturated heterocycles. The Morgan fingerprint density at radius 3 is 2.61 bits per heavy atom. The number of aliphatic hydroxyl groups excluding tert-OH is 1. The van der Waals surface area contributed by atoms with E-state index in [-0.39, 0.29) is 25.0 Å². The fourth-order valence-corrected chi connectivity index (χ4v) is 6.47. The van der Waals surface area contributed by atoms with Crippen molar-refractivity contribution < 1.29 is 29.0 Å². The standard InChI is InChI=1S/C28H44N2O6/c1-6-10-12-17-29(16-8-3)25(33)23-28-15-14-27(5,36-28)22(26(34)35-18-13-11-7-2)21(28)24(32)30(23)20(9-4)19-31/h7-8,20-23,31H,2-3,6,9-19H2,1,4-5H3/t20-,21-,22-,23?,27+,28?/m0/s1. The predicted octanol–water partition coefficient (Wildman–Crippen LogP) is 3.24. The molecule has 3 aliphatic rings. The third-order valence-electron chi connectivity index (χ3n) is 8.27. The first-order chi connectivity index (χ1) is 17.3. The van der Waals surface area contributed by atoms with Gasteiger partial charge < -0.3 is 24.4 Å². The number of esters is 1. The number of hydrogen-bond acceptors (Lipinski definition) is 6. The number of nitrogens with zero attached hydrogens (tertiary/aromatic N) is 2. The van der Waals surface area contributed by atoms with E-state index in [1.807, 2.05) is 13.8 Å². The predicted molar refractivity (Wildman–Crippen MR) is 137 cm³/mol. The average molecular weight is 505 g/mol. The first kappa shape index (κ1) is 28.4. The molecular weight excluding hydrogens is 460 g/mol. The van der Waals surface area contributed by atoms with E-state index in [1.165, 1.54) is 4.90 Å². The van der Waals surface area contributed by atoms with Crippen LogP contribution in [0.4, 0.5) is 0 Å². The fraction of sp³-hybridized carbons (Fsp3) is 0.750. The van der Waals surface area contributed by atoms with Crippen LogP contribution in [-0.2, 0) is 23.9 Å². The van der Waals surface area contributed by atoms with Gasteiger partial charge in [-0.25, -0.2) is 0 Å². The van der Waals surface area contributed by atoms with Crippen molar-refractivity contribution in [3.05, 3.63) is 25.3 Å². The maximum atomic E-state index is 14.2. The van der Waals surface area contributed by atoms with E-state index >= 15 is 0 Å². The molecule has 3 rings (SSSR count). The lowest BCUT2D eigenvalue weighted by Gasteiger charge is -2.39. The zero-order valence-electron chi connectivity index (χ0n) is 22.2. The summed E-state index contributed by atoms with van der Waals surface area (Å²) >= 11 is 0. The zero-order valence-corrected chi connectivity index (χ0v) is 22.2. The van der Waals surface area contributed by atoms with Crippen LogP contribution in [0.2, 0.25) is 0 Å². The van der Waals surface area contributed by atoms with Crippen molar-refractivity contribution in [3.8, 4) is 0 Å². The summed E-state index contributed by atoms with van der Waals surface area (Å²) < 4.78 is 12.2. The van der Waals surface area contributed by atoms with Gasteiger partial charge in [0.25, 0.3) is 0 Å². The fourth-order valence-electron chi connectivity index (χ4n) is 6.47. The second-order valence-corrected chi connectivity index (χ2v) is 10.6. The lowest BCUT2D eigenvalue weighted by molar-refractivity contribution is -0.162. The van der Waals surface area contributed by atoms with Crippen LogP contribution >= 0.6 is 0 Å². The molecule has 3 heterocycles. The molecule has 6 atom stereocenters. The number of rotatable bonds is 15. The monoisotopic (exact) mass is 504 g/mol. The third kappa shape index (κ3) is 4.86. The number of carbonyl (C=O) groups is 3. The van der Waals surface area contributed by atoms with Gasteiger partial charge in [0.05, 0.1) is 30.8 Å². The lowest BCUT2D eigenvalue weighted by Crippen LogP contribution is -2.58. The van der Waals surface area contributed by atoms with Crippen molar-refractivity contribution in [1.29, 1.82) is 0 Å². The Labute approximate surface area is 215 Å². The van der Waals surface area contributed by atoms with Crippen molar-refractivity contribution in [3.63, 3.8) is 0 Å². The van der Waals surface area contributed by atoms with Crippen LogP contribution in [-0.4, -0.2) is 82.3 Å². The molecule has 8 heteroatoms. The molecule has 8 nitrogen and oxygen atoms in total. The maximum absolute atomic E-state index is 14.2. The van der Waals surface area contributed by atoms with E-state index in [0.717, 1.165) is 25.7 Å². The zero-order chi connectivity index (χ0) is 26.5. The van der Waals surface area contributed by atoms with E-state index in [2.05, 4.69) is 20.1 Å². The van der Waals surface area contributed by atoms with Gasteiger partial charge >= 0.3 is 5.97 Å². The molecule has 2 unspecified atom stereocenters. The van der Waals surface area contributed by atoms with Gasteiger partial charge in [0.1, 0.15) is 17.6 Å². The minimum atomic E-state index is -1.11. The Morgan fingerprint density at radius 2 is 2.00 bits per heavy atom. The SMILES string of the molecule is C=CCCCOC(=O)[C@@H]1[C@H]2C(=O)N([C@@H](CC)CO)C(C(=O)N(CC=C)CCCCC)C23CC[C@@]1(C)O3. The Morgan fingerprint density at radius 1 is 1.25 bits per heavy atom. The molecule has 0 aliphatic carbocycles. The first-order valence-corrected chi connectivity index (χ1v) is 13.6. The number of unbranched alkanes of at least 4 members (excludes halogenated alkanes) is 3. The van der Waals surface area contributed by atoms with Gasteiger partial charge in [0, 0.05) is 13.1 Å². The molecule has 202 valence electrons.